The second kappa shape index (κ2) is 8.42. The Bertz CT molecular complexity index is 745. The monoisotopic (exact) mass is 342 g/mol. The predicted octanol–water partition coefficient (Wildman–Crippen LogP) is 3.46. The molecule has 2 amide bonds. The van der Waals surface area contributed by atoms with Crippen LogP contribution in [0.25, 0.3) is 0 Å². The van der Waals surface area contributed by atoms with Gasteiger partial charge in [-0.15, -0.1) is 0 Å². The van der Waals surface area contributed by atoms with Crippen LogP contribution in [0.3, 0.4) is 0 Å². The molecule has 0 aliphatic heterocycles. The maximum atomic E-state index is 13.2. The molecule has 0 radical (unpaired) electrons. The number of nitrogens with one attached hydrogen (secondary N) is 2. The highest BCUT2D eigenvalue weighted by Crippen LogP contribution is 2.17. The fourth-order valence-electron chi connectivity index (χ4n) is 2.52. The van der Waals surface area contributed by atoms with Crippen molar-refractivity contribution in [3.8, 4) is 0 Å². The van der Waals surface area contributed by atoms with Crippen molar-refractivity contribution in [2.75, 3.05) is 5.32 Å². The zero-order chi connectivity index (χ0) is 18.4. The summed E-state index contributed by atoms with van der Waals surface area (Å²) in [6.45, 7) is 5.45. The number of halogens is 1. The number of amides is 2. The molecule has 0 aromatic heterocycles. The van der Waals surface area contributed by atoms with Gasteiger partial charge in [-0.05, 0) is 42.2 Å². The van der Waals surface area contributed by atoms with Crippen LogP contribution in [-0.2, 0) is 16.0 Å². The Balaban J connectivity index is 2.03. The number of benzene rings is 2. The fourth-order valence-corrected chi connectivity index (χ4v) is 2.52. The summed E-state index contributed by atoms with van der Waals surface area (Å²) in [6.07, 6.45) is 0.215. The van der Waals surface area contributed by atoms with Crippen LogP contribution in [0.15, 0.2) is 48.5 Å². The topological polar surface area (TPSA) is 58.2 Å². The van der Waals surface area contributed by atoms with Gasteiger partial charge < -0.3 is 10.6 Å². The number of hydrogen-bond donors (Lipinski definition) is 2. The first-order valence-electron chi connectivity index (χ1n) is 8.27. The van der Waals surface area contributed by atoms with Gasteiger partial charge in [-0.1, -0.05) is 44.2 Å². The van der Waals surface area contributed by atoms with Crippen molar-refractivity contribution < 1.29 is 14.0 Å². The van der Waals surface area contributed by atoms with Crippen LogP contribution in [0.1, 0.15) is 25.0 Å². The zero-order valence-electron chi connectivity index (χ0n) is 14.7. The summed E-state index contributed by atoms with van der Waals surface area (Å²) in [4.78, 5) is 24.8. The lowest BCUT2D eigenvalue weighted by Gasteiger charge is -2.22. The first kappa shape index (κ1) is 18.6. The van der Waals surface area contributed by atoms with Crippen molar-refractivity contribution >= 4 is 17.5 Å². The molecular weight excluding hydrogens is 319 g/mol. The van der Waals surface area contributed by atoms with Crippen molar-refractivity contribution in [3.63, 3.8) is 0 Å². The Kier molecular flexibility index (Phi) is 6.28. The molecule has 25 heavy (non-hydrogen) atoms. The third kappa shape index (κ3) is 5.41. The van der Waals surface area contributed by atoms with Gasteiger partial charge in [0.1, 0.15) is 11.9 Å². The van der Waals surface area contributed by atoms with Crippen molar-refractivity contribution in [3.05, 3.63) is 65.5 Å². The highest BCUT2D eigenvalue weighted by Gasteiger charge is 2.24. The van der Waals surface area contributed by atoms with Gasteiger partial charge in [-0.25, -0.2) is 4.39 Å². The van der Waals surface area contributed by atoms with Crippen LogP contribution in [0.4, 0.5) is 10.1 Å². The Morgan fingerprint density at radius 3 is 2.36 bits per heavy atom. The summed E-state index contributed by atoms with van der Waals surface area (Å²) in [5, 5.41) is 5.56. The van der Waals surface area contributed by atoms with Gasteiger partial charge in [0.2, 0.25) is 11.8 Å². The number of rotatable bonds is 6. The smallest absolute Gasteiger partial charge is 0.247 e. The minimum atomic E-state index is -0.666. The van der Waals surface area contributed by atoms with Gasteiger partial charge in [-0.2, -0.15) is 0 Å². The molecule has 2 rings (SSSR count). The Morgan fingerprint density at radius 2 is 1.76 bits per heavy atom. The number of anilines is 1. The molecule has 1 atom stereocenters. The van der Waals surface area contributed by atoms with Crippen LogP contribution in [-0.4, -0.2) is 17.9 Å². The standard InChI is InChI=1S/C20H23FN2O2/c1-13(2)19(23-18(24)12-15-7-5-4-6-8-15)20(25)22-17-10-9-16(21)11-14(17)3/h4-11,13,19H,12H2,1-3H3,(H,22,25)(H,23,24). The Hall–Kier alpha value is -2.69. The van der Waals surface area contributed by atoms with Crippen molar-refractivity contribution in [2.24, 2.45) is 5.92 Å². The van der Waals surface area contributed by atoms with Gasteiger partial charge >= 0.3 is 0 Å². The van der Waals surface area contributed by atoms with E-state index >= 15 is 0 Å². The average Bonchev–Trinajstić information content (AvgIpc) is 2.55. The zero-order valence-corrected chi connectivity index (χ0v) is 14.7. The normalized spacial score (nSPS) is 11.9. The second-order valence-corrected chi connectivity index (χ2v) is 6.40. The SMILES string of the molecule is Cc1cc(F)ccc1NC(=O)C(NC(=O)Cc1ccccc1)C(C)C. The lowest BCUT2D eigenvalue weighted by Crippen LogP contribution is -2.47. The molecule has 2 aromatic rings. The minimum Gasteiger partial charge on any atom is -0.344 e. The van der Waals surface area contributed by atoms with Crippen LogP contribution in [0.2, 0.25) is 0 Å². The summed E-state index contributed by atoms with van der Waals surface area (Å²) in [7, 11) is 0. The first-order valence-corrected chi connectivity index (χ1v) is 8.27. The molecule has 0 saturated carbocycles. The molecule has 1 unspecified atom stereocenters. The van der Waals surface area contributed by atoms with E-state index in [-0.39, 0.29) is 30.0 Å². The molecule has 4 nitrogen and oxygen atoms in total. The Labute approximate surface area is 147 Å². The number of carbonyl (C=O) groups is 2. The summed E-state index contributed by atoms with van der Waals surface area (Å²) < 4.78 is 13.2. The van der Waals surface area contributed by atoms with Crippen LogP contribution in [0.5, 0.6) is 0 Å². The van der Waals surface area contributed by atoms with Gasteiger partial charge in [-0.3, -0.25) is 9.59 Å². The first-order chi connectivity index (χ1) is 11.9. The highest BCUT2D eigenvalue weighted by molar-refractivity contribution is 5.98. The maximum absolute atomic E-state index is 13.2. The third-order valence-electron chi connectivity index (χ3n) is 3.92. The number of hydrogen-bond acceptors (Lipinski definition) is 2. The minimum absolute atomic E-state index is 0.0829. The van der Waals surface area contributed by atoms with Crippen LogP contribution >= 0.6 is 0 Å². The van der Waals surface area contributed by atoms with E-state index in [9.17, 15) is 14.0 Å². The van der Waals surface area contributed by atoms with Crippen molar-refractivity contribution in [1.82, 2.24) is 5.32 Å². The second-order valence-electron chi connectivity index (χ2n) is 6.40. The summed E-state index contributed by atoms with van der Waals surface area (Å²) in [5.41, 5.74) is 2.05. The van der Waals surface area contributed by atoms with Crippen LogP contribution in [0, 0.1) is 18.7 Å². The van der Waals surface area contributed by atoms with E-state index in [1.807, 2.05) is 44.2 Å². The average molecular weight is 342 g/mol. The fraction of sp³-hybridized carbons (Fsp3) is 0.300. The highest BCUT2D eigenvalue weighted by atomic mass is 19.1. The number of aryl methyl sites for hydroxylation is 1. The molecule has 0 aliphatic carbocycles. The van der Waals surface area contributed by atoms with Gasteiger partial charge in [0, 0.05) is 5.69 Å². The molecule has 5 heteroatoms. The molecule has 0 saturated heterocycles. The molecular formula is C20H23FN2O2. The molecule has 0 bridgehead atoms. The predicted molar refractivity (Wildman–Crippen MR) is 96.7 cm³/mol. The quantitative estimate of drug-likeness (QED) is 0.845. The van der Waals surface area contributed by atoms with E-state index in [1.165, 1.54) is 18.2 Å². The van der Waals surface area contributed by atoms with Crippen molar-refractivity contribution in [2.45, 2.75) is 33.2 Å². The molecule has 0 heterocycles. The van der Waals surface area contributed by atoms with Crippen LogP contribution < -0.4 is 10.6 Å². The van der Waals surface area contributed by atoms with E-state index in [4.69, 9.17) is 0 Å². The molecule has 2 N–H and O–H groups in total. The maximum Gasteiger partial charge on any atom is 0.247 e. The van der Waals surface area contributed by atoms with E-state index in [1.54, 1.807) is 6.92 Å². The summed E-state index contributed by atoms with van der Waals surface area (Å²) in [5.74, 6) is -0.963. The molecule has 2 aromatic carbocycles. The van der Waals surface area contributed by atoms with E-state index in [0.717, 1.165) is 5.56 Å². The summed E-state index contributed by atoms with van der Waals surface area (Å²) in [6, 6.07) is 12.9. The van der Waals surface area contributed by atoms with E-state index < -0.39 is 6.04 Å². The third-order valence-corrected chi connectivity index (χ3v) is 3.92. The van der Waals surface area contributed by atoms with E-state index in [0.29, 0.717) is 11.3 Å². The van der Waals surface area contributed by atoms with Crippen molar-refractivity contribution in [1.29, 1.82) is 0 Å². The van der Waals surface area contributed by atoms with Gasteiger partial charge in [0.25, 0.3) is 0 Å². The molecule has 132 valence electrons. The largest absolute Gasteiger partial charge is 0.344 e. The molecule has 0 fully saturated rings. The van der Waals surface area contributed by atoms with E-state index in [2.05, 4.69) is 10.6 Å². The molecule has 0 aliphatic rings. The molecule has 0 spiro atoms. The number of carbonyl (C=O) groups excluding carboxylic acids is 2. The lowest BCUT2D eigenvalue weighted by atomic mass is 10.0. The van der Waals surface area contributed by atoms with Gasteiger partial charge in [0.15, 0.2) is 0 Å². The Morgan fingerprint density at radius 1 is 1.08 bits per heavy atom. The summed E-state index contributed by atoms with van der Waals surface area (Å²) >= 11 is 0. The lowest BCUT2D eigenvalue weighted by molar-refractivity contribution is -0.127. The van der Waals surface area contributed by atoms with Gasteiger partial charge in [0.05, 0.1) is 6.42 Å².